The number of carbonyl (C=O) groups is 5. The summed E-state index contributed by atoms with van der Waals surface area (Å²) in [5, 5.41) is 16.4. The number of rotatable bonds is 9. The van der Waals surface area contributed by atoms with Crippen LogP contribution in [0.15, 0.2) is 146 Å². The van der Waals surface area contributed by atoms with Gasteiger partial charge in [0.25, 0.3) is 0 Å². The first-order valence-corrected chi connectivity index (χ1v) is 23.7. The third-order valence-electron chi connectivity index (χ3n) is 14.4. The van der Waals surface area contributed by atoms with Crippen molar-refractivity contribution in [1.29, 1.82) is 0 Å². The van der Waals surface area contributed by atoms with Crippen LogP contribution < -0.4 is 30.7 Å². The molecule has 10 rings (SSSR count). The summed E-state index contributed by atoms with van der Waals surface area (Å²) in [6.45, 7) is 2.04. The van der Waals surface area contributed by atoms with Gasteiger partial charge in [-0.25, -0.2) is 14.5 Å². The maximum atomic E-state index is 16.8. The molecule has 15 nitrogen and oxygen atoms in total. The van der Waals surface area contributed by atoms with Crippen molar-refractivity contribution in [3.63, 3.8) is 0 Å². The number of primary amides is 1. The predicted octanol–water partition coefficient (Wildman–Crippen LogP) is 7.15. The molecule has 0 aliphatic carbocycles. The topological polar surface area (TPSA) is 193 Å². The molecule has 0 unspecified atom stereocenters. The van der Waals surface area contributed by atoms with E-state index < -0.39 is 71.5 Å². The fraction of sp³-hybridized carbons (Fsp3) is 0.246. The van der Waals surface area contributed by atoms with E-state index in [4.69, 9.17) is 19.9 Å². The van der Waals surface area contributed by atoms with Gasteiger partial charge in [-0.05, 0) is 94.8 Å². The molecular weight excluding hydrogens is 913 g/mol. The van der Waals surface area contributed by atoms with Crippen LogP contribution in [-0.2, 0) is 37.5 Å². The van der Waals surface area contributed by atoms with Crippen molar-refractivity contribution >= 4 is 35.5 Å². The van der Waals surface area contributed by atoms with Gasteiger partial charge in [0, 0.05) is 18.7 Å². The standard InChI is InChI=1S/C57H52N6O9/c1-34(36-15-7-4-8-16-36)60-56(69)62-44-26-21-35(14-13-28-59-55(58)68)30-43(44)57(54(62)67)47(52(65)61-29-27-40-31-45(70-2)46(71-3)32-41(40)33-61)49-53(66)72-50(38-19-11-6-12-20-38)48(37-17-9-5-10-18-37)63(49)51(57)39-22-24-42(64)25-23-39/h4-12,15-26,30-32,34,47-51,64H,27-29,33H2,1-3H3,(H,60,69)(H3,58,59,68)/t34-,47+,48+,49+,50-,51-,57+/m1/s1. The summed E-state index contributed by atoms with van der Waals surface area (Å²) in [4.78, 5) is 80.4. The Balaban J connectivity index is 1.25. The van der Waals surface area contributed by atoms with E-state index in [9.17, 15) is 9.90 Å². The van der Waals surface area contributed by atoms with E-state index in [0.717, 1.165) is 27.2 Å². The third-order valence-corrected chi connectivity index (χ3v) is 14.4. The molecule has 4 aliphatic rings. The van der Waals surface area contributed by atoms with Crippen molar-refractivity contribution in [2.45, 2.75) is 55.6 Å². The summed E-state index contributed by atoms with van der Waals surface area (Å²) in [6.07, 6.45) is -0.524. The molecule has 6 amide bonds. The summed E-state index contributed by atoms with van der Waals surface area (Å²) in [7, 11) is 3.10. The van der Waals surface area contributed by atoms with Crippen LogP contribution in [0.3, 0.4) is 0 Å². The zero-order chi connectivity index (χ0) is 50.3. The Morgan fingerprint density at radius 3 is 2.10 bits per heavy atom. The number of benzene rings is 6. The third kappa shape index (κ3) is 8.09. The summed E-state index contributed by atoms with van der Waals surface area (Å²) in [6, 6.07) is 37.8. The number of phenols is 1. The number of cyclic esters (lactones) is 1. The number of hydrogen-bond acceptors (Lipinski definition) is 10. The lowest BCUT2D eigenvalue weighted by molar-refractivity contribution is -0.179. The minimum absolute atomic E-state index is 0.0509. The zero-order valence-electron chi connectivity index (χ0n) is 39.8. The van der Waals surface area contributed by atoms with E-state index in [0.29, 0.717) is 34.6 Å². The molecule has 6 aromatic rings. The minimum atomic E-state index is -2.07. The number of aromatic hydroxyl groups is 1. The monoisotopic (exact) mass is 964 g/mol. The quantitative estimate of drug-likeness (QED) is 0.0855. The van der Waals surface area contributed by atoms with Crippen LogP contribution in [-0.4, -0.2) is 78.1 Å². The molecular formula is C57H52N6O9. The van der Waals surface area contributed by atoms with Crippen LogP contribution in [0, 0.1) is 17.8 Å². The molecule has 0 radical (unpaired) electrons. The Morgan fingerprint density at radius 2 is 1.44 bits per heavy atom. The molecule has 4 aliphatic heterocycles. The summed E-state index contributed by atoms with van der Waals surface area (Å²) < 4.78 is 18.0. The van der Waals surface area contributed by atoms with Gasteiger partial charge in [0.2, 0.25) is 11.8 Å². The minimum Gasteiger partial charge on any atom is -0.508 e. The molecule has 4 heterocycles. The number of anilines is 1. The number of hydrogen-bond donors (Lipinski definition) is 4. The fourth-order valence-electron chi connectivity index (χ4n) is 11.2. The van der Waals surface area contributed by atoms with E-state index in [-0.39, 0.29) is 36.6 Å². The number of urea groups is 2. The zero-order valence-corrected chi connectivity index (χ0v) is 39.8. The molecule has 0 saturated carbocycles. The van der Waals surface area contributed by atoms with E-state index in [1.165, 1.54) is 19.2 Å². The SMILES string of the molecule is COc1cc2c(cc1OC)CN(C(=O)[C@@H]1[C@H]3C(=O)O[C@H](c4ccccc4)[C@H](c4ccccc4)N3[C@H](c3ccc(O)cc3)[C@@]13C(=O)N(C(=O)N[C@H](C)c1ccccc1)c1ccc(C#CCNC(N)=O)cc13)CC2. The molecule has 364 valence electrons. The molecule has 15 heteroatoms. The number of nitrogens with two attached hydrogens (primary N) is 1. The number of fused-ring (bicyclic) bond motifs is 4. The smallest absolute Gasteiger partial charge is 0.329 e. The number of amides is 6. The number of imide groups is 1. The maximum absolute atomic E-state index is 16.8. The number of carbonyl (C=O) groups excluding carboxylic acids is 5. The Labute approximate surface area is 416 Å². The fourth-order valence-corrected chi connectivity index (χ4v) is 11.2. The van der Waals surface area contributed by atoms with Crippen LogP contribution in [0.2, 0.25) is 0 Å². The van der Waals surface area contributed by atoms with Gasteiger partial charge in [-0.3, -0.25) is 19.3 Å². The van der Waals surface area contributed by atoms with Crippen LogP contribution in [0.25, 0.3) is 0 Å². The van der Waals surface area contributed by atoms with E-state index in [1.807, 2.05) is 115 Å². The number of methoxy groups -OCH3 is 2. The van der Waals surface area contributed by atoms with Gasteiger partial charge in [0.05, 0.1) is 50.5 Å². The van der Waals surface area contributed by atoms with Crippen LogP contribution in [0.1, 0.15) is 75.7 Å². The first-order valence-electron chi connectivity index (χ1n) is 23.7. The van der Waals surface area contributed by atoms with Gasteiger partial charge in [0.15, 0.2) is 11.5 Å². The number of nitrogens with zero attached hydrogens (tertiary/aromatic N) is 3. The summed E-state index contributed by atoms with van der Waals surface area (Å²) in [5.41, 5.74) is 8.57. The van der Waals surface area contributed by atoms with Crippen LogP contribution in [0.4, 0.5) is 15.3 Å². The summed E-state index contributed by atoms with van der Waals surface area (Å²) in [5.74, 6) is 3.42. The lowest BCUT2D eigenvalue weighted by Gasteiger charge is -2.46. The molecule has 0 bridgehead atoms. The molecule has 7 atom stereocenters. The number of phenolic OH excluding ortho intramolecular Hbond substituents is 1. The van der Waals surface area contributed by atoms with E-state index in [2.05, 4.69) is 22.5 Å². The average Bonchev–Trinajstić information content (AvgIpc) is 3.86. The first kappa shape index (κ1) is 47.1. The van der Waals surface area contributed by atoms with Gasteiger partial charge < -0.3 is 40.6 Å². The highest BCUT2D eigenvalue weighted by Gasteiger charge is 2.76. The van der Waals surface area contributed by atoms with Crippen molar-refractivity contribution < 1.29 is 43.3 Å². The van der Waals surface area contributed by atoms with Crippen molar-refractivity contribution in [3.05, 3.63) is 190 Å². The van der Waals surface area contributed by atoms with Gasteiger partial charge in [-0.2, -0.15) is 0 Å². The number of nitrogens with one attached hydrogen (secondary N) is 2. The second-order valence-corrected chi connectivity index (χ2v) is 18.3. The molecule has 5 N–H and O–H groups in total. The van der Waals surface area contributed by atoms with Gasteiger partial charge in [-0.15, -0.1) is 0 Å². The molecule has 2 fully saturated rings. The second-order valence-electron chi connectivity index (χ2n) is 18.3. The molecule has 1 spiro atoms. The van der Waals surface area contributed by atoms with Gasteiger partial charge in [0.1, 0.15) is 23.3 Å². The normalized spacial score (nSPS) is 22.3. The average molecular weight is 965 g/mol. The van der Waals surface area contributed by atoms with E-state index >= 15 is 19.2 Å². The lowest BCUT2D eigenvalue weighted by Crippen LogP contribution is -2.57. The maximum Gasteiger partial charge on any atom is 0.329 e. The molecule has 0 aromatic heterocycles. The van der Waals surface area contributed by atoms with Gasteiger partial charge in [-0.1, -0.05) is 115 Å². The predicted molar refractivity (Wildman–Crippen MR) is 267 cm³/mol. The van der Waals surface area contributed by atoms with Crippen molar-refractivity contribution in [2.75, 3.05) is 32.2 Å². The largest absolute Gasteiger partial charge is 0.508 e. The molecule has 2 saturated heterocycles. The van der Waals surface area contributed by atoms with Crippen molar-refractivity contribution in [3.8, 4) is 29.1 Å². The van der Waals surface area contributed by atoms with Crippen LogP contribution in [0.5, 0.6) is 17.2 Å². The number of esters is 1. The number of ether oxygens (including phenoxy) is 3. The Kier molecular flexibility index (Phi) is 12.6. The first-order chi connectivity index (χ1) is 34.9. The Bertz CT molecular complexity index is 3140. The highest BCUT2D eigenvalue weighted by Crippen LogP contribution is 2.66. The molecule has 6 aromatic carbocycles. The van der Waals surface area contributed by atoms with Crippen molar-refractivity contribution in [1.82, 2.24) is 20.4 Å². The number of morpholine rings is 1. The highest BCUT2D eigenvalue weighted by atomic mass is 16.6. The Hall–Kier alpha value is -8.61. The van der Waals surface area contributed by atoms with Crippen molar-refractivity contribution in [2.24, 2.45) is 11.7 Å². The summed E-state index contributed by atoms with van der Waals surface area (Å²) >= 11 is 0. The molecule has 72 heavy (non-hydrogen) atoms. The van der Waals surface area contributed by atoms with Crippen LogP contribution >= 0.6 is 0 Å². The highest BCUT2D eigenvalue weighted by molar-refractivity contribution is 6.24. The Morgan fingerprint density at radius 1 is 0.806 bits per heavy atom. The second kappa shape index (κ2) is 19.3. The van der Waals surface area contributed by atoms with Gasteiger partial charge >= 0.3 is 18.0 Å². The van der Waals surface area contributed by atoms with E-state index in [1.54, 1.807) is 42.3 Å². The lowest BCUT2D eigenvalue weighted by atomic mass is 9.64.